The molecule has 1 fully saturated rings. The second-order valence-electron chi connectivity index (χ2n) is 8.47. The third-order valence-corrected chi connectivity index (χ3v) is 5.70. The smallest absolute Gasteiger partial charge is 0.335 e. The number of nitrogens with one attached hydrogen (secondary N) is 1. The molecule has 7 heteroatoms. The Bertz CT molecular complexity index is 1280. The molecule has 4 rings (SSSR count). The number of carbonyl (C=O) groups is 3. The van der Waals surface area contributed by atoms with E-state index in [1.54, 1.807) is 42.5 Å². The van der Waals surface area contributed by atoms with Crippen LogP contribution in [0.2, 0.25) is 0 Å². The lowest BCUT2D eigenvalue weighted by Gasteiger charge is -2.26. The zero-order valence-electron chi connectivity index (χ0n) is 20.3. The fraction of sp³-hybridized carbons (Fsp3) is 0.207. The Morgan fingerprint density at radius 2 is 1.61 bits per heavy atom. The van der Waals surface area contributed by atoms with E-state index in [1.165, 1.54) is 6.08 Å². The lowest BCUT2D eigenvalue weighted by molar-refractivity contribution is -0.122. The molecule has 0 aliphatic carbocycles. The minimum absolute atomic E-state index is 0.163. The molecule has 1 aliphatic heterocycles. The molecule has 0 saturated carbocycles. The highest BCUT2D eigenvalue weighted by molar-refractivity contribution is 6.39. The van der Waals surface area contributed by atoms with Gasteiger partial charge in [0.2, 0.25) is 0 Å². The summed E-state index contributed by atoms with van der Waals surface area (Å²) >= 11 is 0. The molecule has 0 spiro atoms. The first-order chi connectivity index (χ1) is 17.5. The Morgan fingerprint density at radius 1 is 0.889 bits per heavy atom. The summed E-state index contributed by atoms with van der Waals surface area (Å²) in [4.78, 5) is 39.4. The number of barbiturate groups is 1. The highest BCUT2D eigenvalue weighted by Crippen LogP contribution is 2.27. The number of anilines is 1. The van der Waals surface area contributed by atoms with Crippen molar-refractivity contribution in [1.29, 1.82) is 0 Å². The molecule has 1 N–H and O–H groups in total. The van der Waals surface area contributed by atoms with Gasteiger partial charge in [-0.15, -0.1) is 0 Å². The molecule has 184 valence electrons. The van der Waals surface area contributed by atoms with Crippen LogP contribution in [-0.2, 0) is 16.2 Å². The van der Waals surface area contributed by atoms with Crippen molar-refractivity contribution in [2.24, 2.45) is 0 Å². The van der Waals surface area contributed by atoms with Crippen LogP contribution < -0.4 is 19.7 Å². The number of imide groups is 2. The topological polar surface area (TPSA) is 84.9 Å². The van der Waals surface area contributed by atoms with Gasteiger partial charge in [0.05, 0.1) is 12.3 Å². The summed E-state index contributed by atoms with van der Waals surface area (Å²) in [7, 11) is 0. The molecule has 3 aromatic rings. The number of aryl methyl sites for hydroxylation is 1. The van der Waals surface area contributed by atoms with Gasteiger partial charge < -0.3 is 9.47 Å². The molecular weight excluding hydrogens is 456 g/mol. The first kappa shape index (κ1) is 24.7. The number of carbonyl (C=O) groups excluding carboxylic acids is 3. The maximum absolute atomic E-state index is 13.3. The number of benzene rings is 3. The first-order valence-electron chi connectivity index (χ1n) is 11.9. The van der Waals surface area contributed by atoms with Crippen molar-refractivity contribution in [2.75, 3.05) is 11.5 Å². The molecule has 0 bridgehead atoms. The highest BCUT2D eigenvalue weighted by atomic mass is 16.5. The molecule has 1 heterocycles. The van der Waals surface area contributed by atoms with Crippen LogP contribution in [0.25, 0.3) is 6.08 Å². The van der Waals surface area contributed by atoms with Crippen LogP contribution in [0.4, 0.5) is 10.5 Å². The Kier molecular flexibility index (Phi) is 7.80. The maximum Gasteiger partial charge on any atom is 0.335 e. The van der Waals surface area contributed by atoms with Crippen molar-refractivity contribution in [2.45, 2.75) is 33.3 Å². The van der Waals surface area contributed by atoms with Crippen LogP contribution >= 0.6 is 0 Å². The Balaban J connectivity index is 1.55. The first-order valence-corrected chi connectivity index (χ1v) is 11.9. The molecule has 7 nitrogen and oxygen atoms in total. The van der Waals surface area contributed by atoms with Gasteiger partial charge in [-0.05, 0) is 55.3 Å². The quantitative estimate of drug-likeness (QED) is 0.249. The highest BCUT2D eigenvalue weighted by Gasteiger charge is 2.37. The molecule has 36 heavy (non-hydrogen) atoms. The normalized spacial score (nSPS) is 14.7. The summed E-state index contributed by atoms with van der Waals surface area (Å²) < 4.78 is 11.6. The standard InChI is InChI=1S/C29H28N2O5/c1-3-4-17-35-24-15-13-23(14-16-24)31-28(33)25(27(32)30-29(31)34)18-22-7-5-6-8-26(22)36-19-21-11-9-20(2)10-12-21/h5-16,18H,3-4,17,19H2,1-2H3,(H,30,32,34)/b25-18-. The largest absolute Gasteiger partial charge is 0.494 e. The molecule has 3 aromatic carbocycles. The number of urea groups is 1. The predicted octanol–water partition coefficient (Wildman–Crippen LogP) is 5.42. The van der Waals surface area contributed by atoms with Gasteiger partial charge in [-0.3, -0.25) is 14.9 Å². The van der Waals surface area contributed by atoms with Gasteiger partial charge in [-0.1, -0.05) is 61.4 Å². The van der Waals surface area contributed by atoms with Crippen molar-refractivity contribution in [3.63, 3.8) is 0 Å². The minimum Gasteiger partial charge on any atom is -0.494 e. The minimum atomic E-state index is -0.800. The zero-order chi connectivity index (χ0) is 25.5. The monoisotopic (exact) mass is 484 g/mol. The maximum atomic E-state index is 13.3. The van der Waals surface area contributed by atoms with E-state index in [0.29, 0.717) is 36.0 Å². The zero-order valence-corrected chi connectivity index (χ0v) is 20.3. The number of unbranched alkanes of at least 4 members (excludes halogenated alkanes) is 1. The summed E-state index contributed by atoms with van der Waals surface area (Å²) in [6.07, 6.45) is 3.40. The van der Waals surface area contributed by atoms with Crippen molar-refractivity contribution in [1.82, 2.24) is 5.32 Å². The van der Waals surface area contributed by atoms with Crippen molar-refractivity contribution >= 4 is 29.6 Å². The van der Waals surface area contributed by atoms with Gasteiger partial charge in [0.15, 0.2) is 0 Å². The van der Waals surface area contributed by atoms with E-state index in [-0.39, 0.29) is 5.57 Å². The molecular formula is C29H28N2O5. The third-order valence-electron chi connectivity index (χ3n) is 5.70. The van der Waals surface area contributed by atoms with E-state index in [9.17, 15) is 14.4 Å². The number of ether oxygens (including phenoxy) is 2. The van der Waals surface area contributed by atoms with Crippen molar-refractivity contribution in [3.05, 3.63) is 95.1 Å². The van der Waals surface area contributed by atoms with Gasteiger partial charge >= 0.3 is 6.03 Å². The molecule has 1 saturated heterocycles. The Morgan fingerprint density at radius 3 is 2.33 bits per heavy atom. The molecule has 1 aliphatic rings. The van der Waals surface area contributed by atoms with E-state index in [0.717, 1.165) is 28.9 Å². The second kappa shape index (κ2) is 11.4. The Hall–Kier alpha value is -4.39. The fourth-order valence-corrected chi connectivity index (χ4v) is 3.65. The number of hydrogen-bond acceptors (Lipinski definition) is 5. The summed E-state index contributed by atoms with van der Waals surface area (Å²) in [5.74, 6) is -0.308. The van der Waals surface area contributed by atoms with Crippen LogP contribution in [-0.4, -0.2) is 24.5 Å². The number of hydrogen-bond donors (Lipinski definition) is 1. The van der Waals surface area contributed by atoms with Crippen molar-refractivity contribution < 1.29 is 23.9 Å². The summed E-state index contributed by atoms with van der Waals surface area (Å²) in [6, 6.07) is 20.9. The third kappa shape index (κ3) is 5.81. The van der Waals surface area contributed by atoms with Crippen molar-refractivity contribution in [3.8, 4) is 11.5 Å². The van der Waals surface area contributed by atoms with Crippen LogP contribution in [0.1, 0.15) is 36.5 Å². The van der Waals surface area contributed by atoms with Gasteiger partial charge in [0, 0.05) is 5.56 Å². The fourth-order valence-electron chi connectivity index (χ4n) is 3.65. The molecule has 0 radical (unpaired) electrons. The lowest BCUT2D eigenvalue weighted by Crippen LogP contribution is -2.54. The Labute approximate surface area is 210 Å². The van der Waals surface area contributed by atoms with E-state index in [2.05, 4.69) is 12.2 Å². The van der Waals surface area contributed by atoms with Gasteiger partial charge in [-0.2, -0.15) is 0 Å². The predicted molar refractivity (Wildman–Crippen MR) is 138 cm³/mol. The van der Waals surface area contributed by atoms with E-state index < -0.39 is 17.8 Å². The molecule has 0 unspecified atom stereocenters. The molecule has 0 aromatic heterocycles. The van der Waals surface area contributed by atoms with E-state index in [1.807, 2.05) is 37.3 Å². The molecule has 4 amide bonds. The van der Waals surface area contributed by atoms with Crippen LogP contribution in [0.3, 0.4) is 0 Å². The average Bonchev–Trinajstić information content (AvgIpc) is 2.88. The number of amides is 4. The van der Waals surface area contributed by atoms with Gasteiger partial charge in [0.1, 0.15) is 23.7 Å². The number of nitrogens with zero attached hydrogens (tertiary/aromatic N) is 1. The SMILES string of the molecule is CCCCOc1ccc(N2C(=O)NC(=O)/C(=C/c3ccccc3OCc3ccc(C)cc3)C2=O)cc1. The summed E-state index contributed by atoms with van der Waals surface area (Å²) in [5.41, 5.74) is 2.88. The van der Waals surface area contributed by atoms with Gasteiger partial charge in [-0.25, -0.2) is 9.69 Å². The molecule has 0 atom stereocenters. The number of rotatable bonds is 9. The lowest BCUT2D eigenvalue weighted by atomic mass is 10.1. The van der Waals surface area contributed by atoms with Crippen LogP contribution in [0.5, 0.6) is 11.5 Å². The average molecular weight is 485 g/mol. The van der Waals surface area contributed by atoms with E-state index in [4.69, 9.17) is 9.47 Å². The summed E-state index contributed by atoms with van der Waals surface area (Å²) in [6.45, 7) is 5.01. The number of para-hydroxylation sites is 1. The van der Waals surface area contributed by atoms with Crippen LogP contribution in [0.15, 0.2) is 78.4 Å². The van der Waals surface area contributed by atoms with Gasteiger partial charge in [0.25, 0.3) is 11.8 Å². The summed E-state index contributed by atoms with van der Waals surface area (Å²) in [5, 5.41) is 2.25. The van der Waals surface area contributed by atoms with E-state index >= 15 is 0 Å². The second-order valence-corrected chi connectivity index (χ2v) is 8.47. The van der Waals surface area contributed by atoms with Crippen LogP contribution in [0, 0.1) is 6.92 Å².